The minimum absolute atomic E-state index is 0.199. The van der Waals surface area contributed by atoms with E-state index in [1.54, 1.807) is 6.20 Å². The lowest BCUT2D eigenvalue weighted by molar-refractivity contribution is 0.122. The Balaban J connectivity index is 1.69. The molecule has 2 aromatic heterocycles. The van der Waals surface area contributed by atoms with Crippen molar-refractivity contribution >= 4 is 33.7 Å². The number of ether oxygens (including phenoxy) is 1. The van der Waals surface area contributed by atoms with E-state index in [9.17, 15) is 4.79 Å². The third-order valence-corrected chi connectivity index (χ3v) is 4.86. The van der Waals surface area contributed by atoms with Gasteiger partial charge in [-0.3, -0.25) is 4.79 Å². The number of fused-ring (bicyclic) bond motifs is 1. The van der Waals surface area contributed by atoms with E-state index in [1.165, 1.54) is 7.11 Å². The molecule has 1 fully saturated rings. The first-order chi connectivity index (χ1) is 14.2. The minimum Gasteiger partial charge on any atom is -0.399 e. The van der Waals surface area contributed by atoms with Gasteiger partial charge in [-0.25, -0.2) is 4.98 Å². The first-order valence-electron chi connectivity index (χ1n) is 9.46. The lowest BCUT2D eigenvalue weighted by Gasteiger charge is -2.28. The molecule has 150 valence electrons. The van der Waals surface area contributed by atoms with Gasteiger partial charge in [-0.15, -0.1) is 0 Å². The zero-order valence-electron chi connectivity index (χ0n) is 16.4. The number of benzene rings is 1. The summed E-state index contributed by atoms with van der Waals surface area (Å²) < 4.78 is 5.41. The zero-order chi connectivity index (χ0) is 20.2. The van der Waals surface area contributed by atoms with E-state index in [1.807, 2.05) is 31.2 Å². The third kappa shape index (κ3) is 4.07. The van der Waals surface area contributed by atoms with Crippen molar-refractivity contribution in [3.8, 4) is 0 Å². The number of anilines is 3. The van der Waals surface area contributed by atoms with Crippen LogP contribution in [0, 0.1) is 0 Å². The van der Waals surface area contributed by atoms with Gasteiger partial charge in [0.25, 0.3) is 5.56 Å². The van der Waals surface area contributed by atoms with Gasteiger partial charge in [0.2, 0.25) is 0 Å². The average molecular weight is 393 g/mol. The summed E-state index contributed by atoms with van der Waals surface area (Å²) in [5.74, 6) is 0.476. The Bertz CT molecular complexity index is 1090. The fraction of sp³-hybridized carbons (Fsp3) is 0.286. The van der Waals surface area contributed by atoms with E-state index in [0.29, 0.717) is 22.6 Å². The highest BCUT2D eigenvalue weighted by Crippen LogP contribution is 2.25. The maximum atomic E-state index is 12.4. The highest BCUT2D eigenvalue weighted by atomic mass is 16.6. The predicted molar refractivity (Wildman–Crippen MR) is 114 cm³/mol. The number of hydrogen-bond donors (Lipinski definition) is 2. The molecule has 3 heterocycles. The zero-order valence-corrected chi connectivity index (χ0v) is 16.4. The molecule has 8 nitrogen and oxygen atoms in total. The molecule has 3 aromatic rings. The fourth-order valence-electron chi connectivity index (χ4n) is 3.39. The van der Waals surface area contributed by atoms with E-state index in [-0.39, 0.29) is 5.56 Å². The molecule has 0 aliphatic carbocycles. The summed E-state index contributed by atoms with van der Waals surface area (Å²) in [5.41, 5.74) is 3.05. The van der Waals surface area contributed by atoms with Crippen LogP contribution in [-0.4, -0.2) is 49.1 Å². The first kappa shape index (κ1) is 18.9. The fourth-order valence-corrected chi connectivity index (χ4v) is 3.39. The Morgan fingerprint density at radius 3 is 2.72 bits per heavy atom. The maximum absolute atomic E-state index is 12.4. The minimum atomic E-state index is -0.199. The molecule has 0 atom stereocenters. The number of oxime groups is 1. The van der Waals surface area contributed by atoms with Crippen LogP contribution in [0.15, 0.2) is 52.5 Å². The van der Waals surface area contributed by atoms with Crippen molar-refractivity contribution in [2.45, 2.75) is 6.92 Å². The lowest BCUT2D eigenvalue weighted by atomic mass is 10.1. The number of nitrogens with one attached hydrogen (secondary N) is 2. The van der Waals surface area contributed by atoms with E-state index >= 15 is 0 Å². The van der Waals surface area contributed by atoms with Gasteiger partial charge in [0.1, 0.15) is 18.6 Å². The Labute approximate surface area is 168 Å². The molecule has 1 saturated heterocycles. The topological polar surface area (TPSA) is 91.8 Å². The molecule has 0 bridgehead atoms. The summed E-state index contributed by atoms with van der Waals surface area (Å²) in [6, 6.07) is 11.8. The highest BCUT2D eigenvalue weighted by Gasteiger charge is 2.13. The first-order valence-corrected chi connectivity index (χ1v) is 9.46. The molecule has 0 spiro atoms. The van der Waals surface area contributed by atoms with Crippen molar-refractivity contribution < 1.29 is 9.57 Å². The van der Waals surface area contributed by atoms with Crippen LogP contribution in [-0.2, 0) is 9.57 Å². The second-order valence-corrected chi connectivity index (χ2v) is 6.76. The normalized spacial score (nSPS) is 14.8. The number of aromatic amines is 1. The number of H-pyrrole nitrogens is 1. The number of hydrogen-bond acceptors (Lipinski definition) is 7. The SMILES string of the molecule is CON=C(C)c1cc2cc[nH]c(=O)c2c(Nc2ccc(N3CCOCC3)cc2)n1. The van der Waals surface area contributed by atoms with Gasteiger partial charge in [0.05, 0.1) is 24.3 Å². The van der Waals surface area contributed by atoms with E-state index in [2.05, 4.69) is 37.5 Å². The van der Waals surface area contributed by atoms with Gasteiger partial charge in [-0.2, -0.15) is 0 Å². The lowest BCUT2D eigenvalue weighted by Crippen LogP contribution is -2.36. The largest absolute Gasteiger partial charge is 0.399 e. The van der Waals surface area contributed by atoms with Crippen LogP contribution in [0.5, 0.6) is 0 Å². The van der Waals surface area contributed by atoms with Crippen LogP contribution in [0.2, 0.25) is 0 Å². The van der Waals surface area contributed by atoms with E-state index in [0.717, 1.165) is 43.1 Å². The molecule has 2 N–H and O–H groups in total. The summed E-state index contributed by atoms with van der Waals surface area (Å²) in [6.45, 7) is 5.07. The highest BCUT2D eigenvalue weighted by molar-refractivity contribution is 6.02. The van der Waals surface area contributed by atoms with Gasteiger partial charge < -0.3 is 24.8 Å². The molecular formula is C21H23N5O3. The van der Waals surface area contributed by atoms with Crippen LogP contribution < -0.4 is 15.8 Å². The van der Waals surface area contributed by atoms with Crippen LogP contribution in [0.4, 0.5) is 17.2 Å². The van der Waals surface area contributed by atoms with Gasteiger partial charge in [-0.1, -0.05) is 5.16 Å². The molecule has 0 amide bonds. The van der Waals surface area contributed by atoms with E-state index < -0.39 is 0 Å². The summed E-state index contributed by atoms with van der Waals surface area (Å²) in [4.78, 5) is 26.9. The summed E-state index contributed by atoms with van der Waals surface area (Å²) in [5, 5.41) is 8.52. The standard InChI is InChI=1S/C21H23N5O3/c1-14(25-28-2)18-13-15-7-8-22-21(27)19(15)20(24-18)23-16-3-5-17(6-4-16)26-9-11-29-12-10-26/h3-8,13H,9-12H2,1-2H3,(H,22,27)(H,23,24). The Morgan fingerprint density at radius 2 is 2.00 bits per heavy atom. The van der Waals surface area contributed by atoms with Gasteiger partial charge >= 0.3 is 0 Å². The third-order valence-electron chi connectivity index (χ3n) is 4.86. The van der Waals surface area contributed by atoms with Gasteiger partial charge in [0.15, 0.2) is 0 Å². The monoisotopic (exact) mass is 393 g/mol. The molecule has 29 heavy (non-hydrogen) atoms. The molecule has 0 unspecified atom stereocenters. The number of nitrogens with zero attached hydrogens (tertiary/aromatic N) is 3. The Morgan fingerprint density at radius 1 is 1.24 bits per heavy atom. The number of pyridine rings is 2. The maximum Gasteiger partial charge on any atom is 0.259 e. The van der Waals surface area contributed by atoms with Crippen molar-refractivity contribution in [1.29, 1.82) is 0 Å². The Hall–Kier alpha value is -3.39. The molecule has 0 saturated carbocycles. The van der Waals surface area contributed by atoms with Gasteiger partial charge in [-0.05, 0) is 48.7 Å². The van der Waals surface area contributed by atoms with Crippen molar-refractivity contribution in [3.63, 3.8) is 0 Å². The van der Waals surface area contributed by atoms with Crippen LogP contribution in [0.1, 0.15) is 12.6 Å². The molecule has 1 aliphatic heterocycles. The molecule has 1 aliphatic rings. The molecule has 0 radical (unpaired) electrons. The molecule has 4 rings (SSSR count). The number of aromatic nitrogens is 2. The molecule has 8 heteroatoms. The number of morpholine rings is 1. The summed E-state index contributed by atoms with van der Waals surface area (Å²) in [7, 11) is 1.49. The average Bonchev–Trinajstić information content (AvgIpc) is 2.75. The second kappa shape index (κ2) is 8.32. The van der Waals surface area contributed by atoms with Crippen molar-refractivity contribution in [3.05, 3.63) is 58.6 Å². The number of rotatable bonds is 5. The van der Waals surface area contributed by atoms with Crippen molar-refractivity contribution in [2.24, 2.45) is 5.16 Å². The molecular weight excluding hydrogens is 370 g/mol. The molecule has 1 aromatic carbocycles. The van der Waals surface area contributed by atoms with Crippen LogP contribution in [0.25, 0.3) is 10.8 Å². The second-order valence-electron chi connectivity index (χ2n) is 6.76. The summed E-state index contributed by atoms with van der Waals surface area (Å²) >= 11 is 0. The van der Waals surface area contributed by atoms with Crippen LogP contribution >= 0.6 is 0 Å². The predicted octanol–water partition coefficient (Wildman–Crippen LogP) is 2.87. The summed E-state index contributed by atoms with van der Waals surface area (Å²) in [6.07, 6.45) is 1.62. The smallest absolute Gasteiger partial charge is 0.259 e. The quantitative estimate of drug-likeness (QED) is 0.512. The van der Waals surface area contributed by atoms with Crippen LogP contribution in [0.3, 0.4) is 0 Å². The Kier molecular flexibility index (Phi) is 5.44. The van der Waals surface area contributed by atoms with Gasteiger partial charge in [0, 0.05) is 30.7 Å². The van der Waals surface area contributed by atoms with Crippen molar-refractivity contribution in [2.75, 3.05) is 43.6 Å². The van der Waals surface area contributed by atoms with E-state index in [4.69, 9.17) is 9.57 Å². The van der Waals surface area contributed by atoms with Crippen molar-refractivity contribution in [1.82, 2.24) is 9.97 Å².